The third-order valence-corrected chi connectivity index (χ3v) is 6.21. The second kappa shape index (κ2) is 9.54. The van der Waals surface area contributed by atoms with Gasteiger partial charge in [0.05, 0.1) is 24.0 Å². The summed E-state index contributed by atoms with van der Waals surface area (Å²) < 4.78 is 41.6. The maximum absolute atomic E-state index is 14.6. The van der Waals surface area contributed by atoms with Gasteiger partial charge >= 0.3 is 12.1 Å². The molecule has 9 nitrogen and oxygen atoms in total. The molecule has 0 unspecified atom stereocenters. The Hall–Kier alpha value is -3.05. The van der Waals surface area contributed by atoms with Gasteiger partial charge in [-0.2, -0.15) is 0 Å². The van der Waals surface area contributed by atoms with Gasteiger partial charge in [0.1, 0.15) is 23.3 Å². The molecule has 11 heteroatoms. The molecule has 0 radical (unpaired) electrons. The second-order valence-electron chi connectivity index (χ2n) is 9.85. The largest absolute Gasteiger partial charge is 0.475 e. The molecular weight excluding hydrogens is 462 g/mol. The normalized spacial score (nSPS) is 22.6. The first-order valence-electron chi connectivity index (χ1n) is 11.6. The highest BCUT2D eigenvalue weighted by Gasteiger charge is 2.40. The number of fused-ring (bicyclic) bond motifs is 1. The van der Waals surface area contributed by atoms with Crippen LogP contribution in [0, 0.1) is 11.6 Å². The lowest BCUT2D eigenvalue weighted by molar-refractivity contribution is -0.0630. The summed E-state index contributed by atoms with van der Waals surface area (Å²) in [5, 5.41) is 12.2. The third kappa shape index (κ3) is 5.30. The van der Waals surface area contributed by atoms with Crippen LogP contribution in [-0.2, 0) is 29.1 Å². The average molecular weight is 493 g/mol. The summed E-state index contributed by atoms with van der Waals surface area (Å²) in [4.78, 5) is 30.5. The number of ether oxygens (including phenoxy) is 2. The van der Waals surface area contributed by atoms with E-state index in [0.29, 0.717) is 31.7 Å². The maximum atomic E-state index is 14.6. The number of aromatic carboxylic acids is 1. The molecular formula is C24H30F2N4O5. The number of nitrogens with one attached hydrogen (secondary N) is 1. The Morgan fingerprint density at radius 2 is 2.03 bits per heavy atom. The molecule has 1 aromatic carbocycles. The standard InChI is InChI=1S/C24H30F2N4O5/c1-5-30-19-11-29(10-18(19)27-21(30)22(31)32)14-9-17(28-23(33)35-24(2,3)4)20(34-12-14)15-8-13(25)6-7-16(15)26/h6-8,14,17,20H,5,9-12H2,1-4H3,(H,28,33)(H,31,32)/t14-,17+,20-/m1/s1. The van der Waals surface area contributed by atoms with Crippen molar-refractivity contribution in [1.82, 2.24) is 19.8 Å². The van der Waals surface area contributed by atoms with E-state index in [1.54, 1.807) is 25.3 Å². The average Bonchev–Trinajstić information content (AvgIpc) is 3.32. The molecule has 2 aromatic rings. The van der Waals surface area contributed by atoms with Crippen molar-refractivity contribution in [1.29, 1.82) is 0 Å². The van der Waals surface area contributed by atoms with Crippen molar-refractivity contribution in [2.75, 3.05) is 6.61 Å². The highest BCUT2D eigenvalue weighted by molar-refractivity contribution is 5.84. The van der Waals surface area contributed by atoms with E-state index in [0.717, 1.165) is 23.9 Å². The highest BCUT2D eigenvalue weighted by Crippen LogP contribution is 2.35. The number of carbonyl (C=O) groups is 2. The zero-order valence-corrected chi connectivity index (χ0v) is 20.2. The van der Waals surface area contributed by atoms with Crippen LogP contribution in [0.5, 0.6) is 0 Å². The summed E-state index contributed by atoms with van der Waals surface area (Å²) in [6.45, 7) is 8.65. The van der Waals surface area contributed by atoms with Crippen molar-refractivity contribution in [2.24, 2.45) is 0 Å². The van der Waals surface area contributed by atoms with Crippen LogP contribution < -0.4 is 5.32 Å². The number of imidazole rings is 1. The lowest BCUT2D eigenvalue weighted by Crippen LogP contribution is -2.52. The zero-order valence-electron chi connectivity index (χ0n) is 20.2. The van der Waals surface area contributed by atoms with Gasteiger partial charge in [-0.3, -0.25) is 4.90 Å². The molecule has 1 saturated heterocycles. The van der Waals surface area contributed by atoms with E-state index in [2.05, 4.69) is 15.2 Å². The fourth-order valence-electron chi connectivity index (χ4n) is 4.75. The number of nitrogens with zero attached hydrogens (tertiary/aromatic N) is 3. The molecule has 1 aromatic heterocycles. The Morgan fingerprint density at radius 1 is 1.29 bits per heavy atom. The predicted octanol–water partition coefficient (Wildman–Crippen LogP) is 3.62. The van der Waals surface area contributed by atoms with Crippen LogP contribution in [0.25, 0.3) is 0 Å². The van der Waals surface area contributed by atoms with Crippen LogP contribution >= 0.6 is 0 Å². The van der Waals surface area contributed by atoms with E-state index in [4.69, 9.17) is 9.47 Å². The highest BCUT2D eigenvalue weighted by atomic mass is 19.1. The summed E-state index contributed by atoms with van der Waals surface area (Å²) in [7, 11) is 0. The number of aromatic nitrogens is 2. The van der Waals surface area contributed by atoms with Crippen molar-refractivity contribution in [2.45, 2.75) is 77.5 Å². The van der Waals surface area contributed by atoms with E-state index in [1.165, 1.54) is 0 Å². The first kappa shape index (κ1) is 25.1. The van der Waals surface area contributed by atoms with Crippen LogP contribution in [0.3, 0.4) is 0 Å². The number of halogens is 2. The SMILES string of the molecule is CCn1c(C(=O)O)nc2c1CN([C@H]1CO[C@H](c3cc(F)ccc3F)[C@@H](NC(=O)OC(C)(C)C)C1)C2. The van der Waals surface area contributed by atoms with E-state index in [-0.39, 0.29) is 24.0 Å². The second-order valence-corrected chi connectivity index (χ2v) is 9.85. The predicted molar refractivity (Wildman–Crippen MR) is 121 cm³/mol. The number of carboxylic acid groups (broad SMARTS) is 1. The molecule has 0 saturated carbocycles. The molecule has 190 valence electrons. The van der Waals surface area contributed by atoms with Gasteiger partial charge in [0, 0.05) is 31.2 Å². The van der Waals surface area contributed by atoms with Crippen LogP contribution in [0.2, 0.25) is 0 Å². The Kier molecular flexibility index (Phi) is 6.83. The minimum atomic E-state index is -1.07. The van der Waals surface area contributed by atoms with Gasteiger partial charge in [-0.05, 0) is 52.3 Å². The third-order valence-electron chi connectivity index (χ3n) is 6.21. The summed E-state index contributed by atoms with van der Waals surface area (Å²) in [5.74, 6) is -2.28. The van der Waals surface area contributed by atoms with Crippen molar-refractivity contribution >= 4 is 12.1 Å². The van der Waals surface area contributed by atoms with Crippen LogP contribution in [0.1, 0.15) is 67.8 Å². The van der Waals surface area contributed by atoms with Gasteiger partial charge in [-0.15, -0.1) is 0 Å². The number of rotatable bonds is 5. The smallest absolute Gasteiger partial charge is 0.407 e. The van der Waals surface area contributed by atoms with E-state index >= 15 is 0 Å². The Morgan fingerprint density at radius 3 is 2.69 bits per heavy atom. The van der Waals surface area contributed by atoms with Gasteiger partial charge in [0.15, 0.2) is 0 Å². The molecule has 3 atom stereocenters. The molecule has 1 fully saturated rings. The summed E-state index contributed by atoms with van der Waals surface area (Å²) in [6, 6.07) is 2.30. The van der Waals surface area contributed by atoms with Crippen LogP contribution in [0.4, 0.5) is 13.6 Å². The number of benzene rings is 1. The molecule has 0 bridgehead atoms. The Bertz CT molecular complexity index is 1130. The molecule has 0 spiro atoms. The lowest BCUT2D eigenvalue weighted by atomic mass is 9.92. The molecule has 1 amide bonds. The van der Waals surface area contributed by atoms with Crippen LogP contribution in [0.15, 0.2) is 18.2 Å². The van der Waals surface area contributed by atoms with Crippen LogP contribution in [-0.4, -0.2) is 55.9 Å². The Balaban J connectivity index is 1.55. The van der Waals surface area contributed by atoms with Gasteiger partial charge in [-0.1, -0.05) is 0 Å². The molecule has 35 heavy (non-hydrogen) atoms. The quantitative estimate of drug-likeness (QED) is 0.657. The van der Waals surface area contributed by atoms with Gasteiger partial charge in [-0.25, -0.2) is 23.4 Å². The number of carbonyl (C=O) groups excluding carboxylic acids is 1. The number of carboxylic acids is 1. The van der Waals surface area contributed by atoms with Gasteiger partial charge in [0.25, 0.3) is 0 Å². The molecule has 2 aliphatic rings. The van der Waals surface area contributed by atoms with Crippen molar-refractivity contribution in [3.8, 4) is 0 Å². The zero-order chi connectivity index (χ0) is 25.5. The summed E-state index contributed by atoms with van der Waals surface area (Å²) in [6.07, 6.45) is -1.19. The topological polar surface area (TPSA) is 106 Å². The first-order valence-corrected chi connectivity index (χ1v) is 11.6. The monoisotopic (exact) mass is 492 g/mol. The van der Waals surface area contributed by atoms with Crippen molar-refractivity contribution < 1.29 is 33.0 Å². The van der Waals surface area contributed by atoms with Gasteiger partial charge in [0.2, 0.25) is 5.82 Å². The van der Waals surface area contributed by atoms with E-state index in [1.807, 2.05) is 6.92 Å². The molecule has 3 heterocycles. The summed E-state index contributed by atoms with van der Waals surface area (Å²) in [5.41, 5.74) is 0.820. The van der Waals surface area contributed by atoms with Crippen molar-refractivity contribution in [3.05, 3.63) is 52.6 Å². The van der Waals surface area contributed by atoms with E-state index in [9.17, 15) is 23.5 Å². The minimum absolute atomic E-state index is 0.0168. The molecule has 0 aliphatic carbocycles. The fraction of sp³-hybridized carbons (Fsp3) is 0.542. The molecule has 2 aliphatic heterocycles. The first-order chi connectivity index (χ1) is 16.5. The fourth-order valence-corrected chi connectivity index (χ4v) is 4.75. The lowest BCUT2D eigenvalue weighted by Gasteiger charge is -2.40. The number of alkyl carbamates (subject to hydrolysis) is 1. The minimum Gasteiger partial charge on any atom is -0.475 e. The number of hydrogen-bond donors (Lipinski definition) is 2. The molecule has 4 rings (SSSR count). The molecule has 2 N–H and O–H groups in total. The number of amides is 1. The maximum Gasteiger partial charge on any atom is 0.407 e. The van der Waals surface area contributed by atoms with Crippen molar-refractivity contribution in [3.63, 3.8) is 0 Å². The number of hydrogen-bond acceptors (Lipinski definition) is 6. The van der Waals surface area contributed by atoms with E-state index < -0.39 is 41.4 Å². The Labute approximate surface area is 202 Å². The van der Waals surface area contributed by atoms with Gasteiger partial charge < -0.3 is 24.5 Å². The summed E-state index contributed by atoms with van der Waals surface area (Å²) >= 11 is 0.